The van der Waals surface area contributed by atoms with Crippen molar-refractivity contribution in [2.75, 3.05) is 6.61 Å². The lowest BCUT2D eigenvalue weighted by Crippen LogP contribution is -2.13. The van der Waals surface area contributed by atoms with E-state index in [0.29, 0.717) is 6.42 Å². The molecule has 21 heavy (non-hydrogen) atoms. The maximum Gasteiger partial charge on any atom is 0.379 e. The highest BCUT2D eigenvalue weighted by molar-refractivity contribution is 5.86. The highest BCUT2D eigenvalue weighted by Crippen LogP contribution is 2.20. The number of Topliss-reactive ketones (excluding diaryl/α,β-unsaturated/α-hetero) is 1. The predicted molar refractivity (Wildman–Crippen MR) is 73.8 cm³/mol. The standard InChI is InChI=1S/C15H16N2O4/c1-3-20-15(19)13-16-14(21-17-13)12(10(2)18)9-11-7-5-4-6-8-11/h4-8,12H,3,9H2,1-2H3. The number of hydrogen-bond donors (Lipinski definition) is 0. The molecule has 0 bridgehead atoms. The van der Waals surface area contributed by atoms with E-state index in [2.05, 4.69) is 10.1 Å². The first kappa shape index (κ1) is 14.9. The summed E-state index contributed by atoms with van der Waals surface area (Å²) in [5.74, 6) is -1.35. The van der Waals surface area contributed by atoms with Gasteiger partial charge in [-0.3, -0.25) is 4.79 Å². The molecule has 0 saturated heterocycles. The van der Waals surface area contributed by atoms with Crippen molar-refractivity contribution in [3.05, 3.63) is 47.6 Å². The Morgan fingerprint density at radius 2 is 2.00 bits per heavy atom. The van der Waals surface area contributed by atoms with Crippen LogP contribution in [0.5, 0.6) is 0 Å². The van der Waals surface area contributed by atoms with E-state index in [1.165, 1.54) is 6.92 Å². The molecule has 2 aromatic rings. The average molecular weight is 288 g/mol. The topological polar surface area (TPSA) is 82.3 Å². The molecule has 1 aromatic heterocycles. The maximum absolute atomic E-state index is 11.8. The Labute approximate surface area is 122 Å². The summed E-state index contributed by atoms with van der Waals surface area (Å²) >= 11 is 0. The molecule has 1 aromatic carbocycles. The minimum Gasteiger partial charge on any atom is -0.460 e. The SMILES string of the molecule is CCOC(=O)c1noc(C(Cc2ccccc2)C(C)=O)n1. The Balaban J connectivity index is 2.19. The summed E-state index contributed by atoms with van der Waals surface area (Å²) < 4.78 is 9.84. The molecule has 0 radical (unpaired) electrons. The number of rotatable bonds is 6. The van der Waals surface area contributed by atoms with Gasteiger partial charge in [-0.05, 0) is 31.0 Å². The van der Waals surface area contributed by atoms with E-state index in [1.807, 2.05) is 30.3 Å². The fourth-order valence-electron chi connectivity index (χ4n) is 1.91. The second-order valence-corrected chi connectivity index (χ2v) is 4.53. The fourth-order valence-corrected chi connectivity index (χ4v) is 1.91. The highest BCUT2D eigenvalue weighted by Gasteiger charge is 2.26. The van der Waals surface area contributed by atoms with Gasteiger partial charge in [0.15, 0.2) is 0 Å². The van der Waals surface area contributed by atoms with E-state index in [-0.39, 0.29) is 24.1 Å². The van der Waals surface area contributed by atoms with Crippen molar-refractivity contribution in [1.82, 2.24) is 10.1 Å². The second kappa shape index (κ2) is 6.78. The summed E-state index contributed by atoms with van der Waals surface area (Å²) in [6.45, 7) is 3.37. The lowest BCUT2D eigenvalue weighted by Gasteiger charge is -2.08. The van der Waals surface area contributed by atoms with Gasteiger partial charge in [-0.15, -0.1) is 0 Å². The number of benzene rings is 1. The van der Waals surface area contributed by atoms with Crippen molar-refractivity contribution >= 4 is 11.8 Å². The van der Waals surface area contributed by atoms with Gasteiger partial charge in [-0.1, -0.05) is 30.3 Å². The number of nitrogens with zero attached hydrogens (tertiary/aromatic N) is 2. The molecule has 1 atom stereocenters. The Morgan fingerprint density at radius 3 is 2.62 bits per heavy atom. The van der Waals surface area contributed by atoms with Gasteiger partial charge in [-0.2, -0.15) is 4.98 Å². The third kappa shape index (κ3) is 3.75. The normalized spacial score (nSPS) is 11.9. The van der Waals surface area contributed by atoms with Gasteiger partial charge < -0.3 is 9.26 Å². The number of carbonyl (C=O) groups excluding carboxylic acids is 2. The first-order chi connectivity index (χ1) is 10.1. The average Bonchev–Trinajstić information content (AvgIpc) is 2.95. The van der Waals surface area contributed by atoms with Crippen LogP contribution in [0.15, 0.2) is 34.9 Å². The van der Waals surface area contributed by atoms with Crippen molar-refractivity contribution in [3.63, 3.8) is 0 Å². The van der Waals surface area contributed by atoms with Gasteiger partial charge >= 0.3 is 5.97 Å². The molecule has 0 amide bonds. The summed E-state index contributed by atoms with van der Waals surface area (Å²) in [6.07, 6.45) is 0.445. The number of hydrogen-bond acceptors (Lipinski definition) is 6. The van der Waals surface area contributed by atoms with Crippen molar-refractivity contribution in [2.24, 2.45) is 0 Å². The third-order valence-corrected chi connectivity index (χ3v) is 2.97. The van der Waals surface area contributed by atoms with Crippen LogP contribution < -0.4 is 0 Å². The predicted octanol–water partition coefficient (Wildman–Crippen LogP) is 2.16. The Morgan fingerprint density at radius 1 is 1.29 bits per heavy atom. The Kier molecular flexibility index (Phi) is 4.81. The molecule has 0 aliphatic heterocycles. The molecule has 6 heteroatoms. The van der Waals surface area contributed by atoms with Crippen molar-refractivity contribution in [2.45, 2.75) is 26.2 Å². The van der Waals surface area contributed by atoms with Gasteiger partial charge in [0.2, 0.25) is 5.89 Å². The molecule has 0 saturated carbocycles. The minimum absolute atomic E-state index is 0.0992. The summed E-state index contributed by atoms with van der Waals surface area (Å²) in [4.78, 5) is 27.3. The van der Waals surface area contributed by atoms with Crippen LogP contribution in [-0.4, -0.2) is 28.5 Å². The second-order valence-electron chi connectivity index (χ2n) is 4.53. The van der Waals surface area contributed by atoms with E-state index >= 15 is 0 Å². The van der Waals surface area contributed by atoms with E-state index in [9.17, 15) is 9.59 Å². The molecule has 0 spiro atoms. The lowest BCUT2D eigenvalue weighted by atomic mass is 9.96. The zero-order valence-electron chi connectivity index (χ0n) is 11.9. The zero-order valence-corrected chi connectivity index (χ0v) is 11.9. The van der Waals surface area contributed by atoms with Gasteiger partial charge in [0.1, 0.15) is 11.7 Å². The van der Waals surface area contributed by atoms with Crippen LogP contribution in [-0.2, 0) is 16.0 Å². The quantitative estimate of drug-likeness (QED) is 0.757. The lowest BCUT2D eigenvalue weighted by molar-refractivity contribution is -0.118. The largest absolute Gasteiger partial charge is 0.460 e. The number of ether oxygens (including phenoxy) is 1. The smallest absolute Gasteiger partial charge is 0.379 e. The number of esters is 1. The minimum atomic E-state index is -0.658. The molecule has 1 unspecified atom stereocenters. The molecule has 0 fully saturated rings. The monoisotopic (exact) mass is 288 g/mol. The molecular weight excluding hydrogens is 272 g/mol. The zero-order chi connectivity index (χ0) is 15.2. The molecule has 0 N–H and O–H groups in total. The number of carbonyl (C=O) groups is 2. The maximum atomic E-state index is 11.8. The van der Waals surface area contributed by atoms with Gasteiger partial charge in [-0.25, -0.2) is 4.79 Å². The summed E-state index contributed by atoms with van der Waals surface area (Å²) in [6, 6.07) is 9.52. The van der Waals surface area contributed by atoms with E-state index in [1.54, 1.807) is 6.92 Å². The van der Waals surface area contributed by atoms with Crippen LogP contribution in [0.3, 0.4) is 0 Å². The molecular formula is C15H16N2O4. The van der Waals surface area contributed by atoms with Gasteiger partial charge in [0.05, 0.1) is 6.61 Å². The van der Waals surface area contributed by atoms with Crippen molar-refractivity contribution in [1.29, 1.82) is 0 Å². The van der Waals surface area contributed by atoms with Crippen LogP contribution in [0, 0.1) is 0 Å². The van der Waals surface area contributed by atoms with Crippen molar-refractivity contribution < 1.29 is 18.8 Å². The molecule has 0 aliphatic carbocycles. The molecule has 0 aliphatic rings. The molecule has 6 nitrogen and oxygen atoms in total. The van der Waals surface area contributed by atoms with E-state index in [4.69, 9.17) is 9.26 Å². The van der Waals surface area contributed by atoms with E-state index in [0.717, 1.165) is 5.56 Å². The van der Waals surface area contributed by atoms with E-state index < -0.39 is 11.9 Å². The molecule has 1 heterocycles. The summed E-state index contributed by atoms with van der Waals surface area (Å²) in [7, 11) is 0. The number of ketones is 1. The third-order valence-electron chi connectivity index (χ3n) is 2.97. The highest BCUT2D eigenvalue weighted by atomic mass is 16.5. The first-order valence-corrected chi connectivity index (χ1v) is 6.67. The van der Waals surface area contributed by atoms with Gasteiger partial charge in [0.25, 0.3) is 5.82 Å². The van der Waals surface area contributed by atoms with Crippen molar-refractivity contribution in [3.8, 4) is 0 Å². The molecule has 2 rings (SSSR count). The van der Waals surface area contributed by atoms with Crippen LogP contribution >= 0.6 is 0 Å². The summed E-state index contributed by atoms with van der Waals surface area (Å²) in [5.41, 5.74) is 0.980. The van der Waals surface area contributed by atoms with Crippen LogP contribution in [0.25, 0.3) is 0 Å². The Hall–Kier alpha value is -2.50. The van der Waals surface area contributed by atoms with Crippen LogP contribution in [0.1, 0.15) is 41.8 Å². The number of aromatic nitrogens is 2. The van der Waals surface area contributed by atoms with Crippen LogP contribution in [0.2, 0.25) is 0 Å². The Bertz CT molecular complexity index is 622. The van der Waals surface area contributed by atoms with Gasteiger partial charge in [0, 0.05) is 0 Å². The first-order valence-electron chi connectivity index (χ1n) is 6.67. The molecule has 110 valence electrons. The summed E-state index contributed by atoms with van der Waals surface area (Å²) in [5, 5.41) is 3.57. The van der Waals surface area contributed by atoms with Crippen LogP contribution in [0.4, 0.5) is 0 Å². The fraction of sp³-hybridized carbons (Fsp3) is 0.333.